The molecule has 0 aliphatic carbocycles. The molecule has 2 rings (SSSR count). The molecule has 106 valence electrons. The molecule has 1 aliphatic heterocycles. The van der Waals surface area contributed by atoms with Gasteiger partial charge >= 0.3 is 0 Å². The molecule has 0 aromatic carbocycles. The maximum Gasteiger partial charge on any atom is 0.228 e. The Balaban J connectivity index is 2.23. The molecule has 0 amide bonds. The summed E-state index contributed by atoms with van der Waals surface area (Å²) in [5, 5.41) is 3.71. The second-order valence-corrected chi connectivity index (χ2v) is 6.68. The summed E-state index contributed by atoms with van der Waals surface area (Å²) < 4.78 is 0. The Hall–Kier alpha value is -1.23. The van der Waals surface area contributed by atoms with Crippen molar-refractivity contribution < 1.29 is 0 Å². The highest BCUT2D eigenvalue weighted by molar-refractivity contribution is 5.30. The van der Waals surface area contributed by atoms with Crippen molar-refractivity contribution in [1.82, 2.24) is 20.3 Å². The first-order chi connectivity index (χ1) is 8.83. The average molecular weight is 263 g/mol. The Bertz CT molecular complexity index is 399. The lowest BCUT2D eigenvalue weighted by atomic mass is 9.79. The zero-order valence-electron chi connectivity index (χ0n) is 12.6. The summed E-state index contributed by atoms with van der Waals surface area (Å²) in [6, 6.07) is 0.457. The molecule has 1 fully saturated rings. The van der Waals surface area contributed by atoms with Gasteiger partial charge in [-0.1, -0.05) is 0 Å². The van der Waals surface area contributed by atoms with Crippen LogP contribution in [0.2, 0.25) is 0 Å². The monoisotopic (exact) mass is 263 g/mol. The van der Waals surface area contributed by atoms with E-state index in [2.05, 4.69) is 59.8 Å². The number of anilines is 1. The van der Waals surface area contributed by atoms with Crippen LogP contribution in [0.1, 0.15) is 47.5 Å². The van der Waals surface area contributed by atoms with E-state index in [9.17, 15) is 0 Å². The highest BCUT2D eigenvalue weighted by atomic mass is 15.3. The molecule has 0 spiro atoms. The minimum Gasteiger partial charge on any atom is -0.338 e. The van der Waals surface area contributed by atoms with Gasteiger partial charge in [-0.05, 0) is 47.5 Å². The molecular weight excluding hydrogens is 238 g/mol. The predicted molar refractivity (Wildman–Crippen MR) is 77.2 cm³/mol. The van der Waals surface area contributed by atoms with Crippen LogP contribution in [0.25, 0.3) is 0 Å². The average Bonchev–Trinajstić information content (AvgIpc) is 2.27. The second-order valence-electron chi connectivity index (χ2n) is 6.68. The van der Waals surface area contributed by atoms with Crippen LogP contribution in [0.3, 0.4) is 0 Å². The van der Waals surface area contributed by atoms with E-state index in [1.54, 1.807) is 12.7 Å². The minimum absolute atomic E-state index is 0.132. The van der Waals surface area contributed by atoms with E-state index >= 15 is 0 Å². The third-order valence-electron chi connectivity index (χ3n) is 3.69. The summed E-state index contributed by atoms with van der Waals surface area (Å²) in [6.07, 6.45) is 5.33. The maximum atomic E-state index is 4.30. The van der Waals surface area contributed by atoms with Crippen molar-refractivity contribution in [1.29, 1.82) is 0 Å². The summed E-state index contributed by atoms with van der Waals surface area (Å²) in [5.74, 6) is 0.788. The normalized spacial score (nSPS) is 22.2. The first-order valence-electron chi connectivity index (χ1n) is 7.01. The lowest BCUT2D eigenvalue weighted by molar-refractivity contribution is 0.158. The lowest BCUT2D eigenvalue weighted by Gasteiger charge is -2.49. The molecule has 5 nitrogen and oxygen atoms in total. The van der Waals surface area contributed by atoms with Gasteiger partial charge in [-0.25, -0.2) is 15.0 Å². The van der Waals surface area contributed by atoms with Crippen molar-refractivity contribution in [2.75, 3.05) is 11.4 Å². The molecule has 2 heterocycles. The Morgan fingerprint density at radius 3 is 2.16 bits per heavy atom. The summed E-state index contributed by atoms with van der Waals surface area (Å²) in [6.45, 7) is 12.1. The van der Waals surface area contributed by atoms with Gasteiger partial charge in [0.25, 0.3) is 0 Å². The van der Waals surface area contributed by atoms with Gasteiger partial charge in [0.05, 0.1) is 0 Å². The van der Waals surface area contributed by atoms with Crippen LogP contribution in [-0.2, 0) is 0 Å². The van der Waals surface area contributed by atoms with Gasteiger partial charge in [-0.15, -0.1) is 0 Å². The van der Waals surface area contributed by atoms with Crippen LogP contribution in [0.15, 0.2) is 12.7 Å². The topological polar surface area (TPSA) is 53.9 Å². The van der Waals surface area contributed by atoms with E-state index in [-0.39, 0.29) is 11.1 Å². The number of rotatable bonds is 3. The van der Waals surface area contributed by atoms with E-state index in [4.69, 9.17) is 0 Å². The largest absolute Gasteiger partial charge is 0.338 e. The maximum absolute atomic E-state index is 4.30. The summed E-state index contributed by atoms with van der Waals surface area (Å²) in [4.78, 5) is 14.8. The molecule has 1 aliphatic rings. The van der Waals surface area contributed by atoms with Crippen LogP contribution in [0, 0.1) is 0 Å². The van der Waals surface area contributed by atoms with Gasteiger partial charge in [0, 0.05) is 23.7 Å². The molecule has 1 aromatic heterocycles. The first-order valence-corrected chi connectivity index (χ1v) is 7.01. The molecule has 0 unspecified atom stereocenters. The number of nitrogens with one attached hydrogen (secondary N) is 1. The SMILES string of the molecule is CCN(c1ncncn1)C1CC(C)(C)NC(C)(C)C1. The quantitative estimate of drug-likeness (QED) is 0.904. The van der Waals surface area contributed by atoms with Gasteiger partial charge in [-0.2, -0.15) is 0 Å². The van der Waals surface area contributed by atoms with Gasteiger partial charge in [-0.3, -0.25) is 0 Å². The number of nitrogens with zero attached hydrogens (tertiary/aromatic N) is 4. The van der Waals surface area contributed by atoms with Crippen molar-refractivity contribution in [3.63, 3.8) is 0 Å². The van der Waals surface area contributed by atoms with Crippen LogP contribution >= 0.6 is 0 Å². The van der Waals surface area contributed by atoms with Crippen molar-refractivity contribution in [2.45, 2.75) is 64.6 Å². The molecule has 1 aromatic rings. The fourth-order valence-electron chi connectivity index (χ4n) is 3.43. The molecule has 0 atom stereocenters. The second kappa shape index (κ2) is 5.04. The lowest BCUT2D eigenvalue weighted by Crippen LogP contribution is -2.62. The third kappa shape index (κ3) is 3.41. The van der Waals surface area contributed by atoms with Crippen LogP contribution < -0.4 is 10.2 Å². The Morgan fingerprint density at radius 1 is 1.16 bits per heavy atom. The molecule has 5 heteroatoms. The molecule has 1 saturated heterocycles. The van der Waals surface area contributed by atoms with Gasteiger partial charge in [0.2, 0.25) is 5.95 Å². The van der Waals surface area contributed by atoms with Gasteiger partial charge in [0.1, 0.15) is 12.7 Å². The van der Waals surface area contributed by atoms with E-state index in [0.717, 1.165) is 25.3 Å². The van der Waals surface area contributed by atoms with E-state index in [1.807, 2.05) is 0 Å². The minimum atomic E-state index is 0.132. The summed E-state index contributed by atoms with van der Waals surface area (Å²) >= 11 is 0. The van der Waals surface area contributed by atoms with Crippen LogP contribution in [-0.4, -0.2) is 38.6 Å². The molecule has 1 N–H and O–H groups in total. The fourth-order valence-corrected chi connectivity index (χ4v) is 3.43. The fraction of sp³-hybridized carbons (Fsp3) is 0.786. The Morgan fingerprint density at radius 2 is 1.68 bits per heavy atom. The van der Waals surface area contributed by atoms with E-state index in [1.165, 1.54) is 0 Å². The van der Waals surface area contributed by atoms with Crippen molar-refractivity contribution in [3.8, 4) is 0 Å². The van der Waals surface area contributed by atoms with Gasteiger partial charge in [0.15, 0.2) is 0 Å². The molecule has 0 bridgehead atoms. The summed E-state index contributed by atoms with van der Waals surface area (Å²) in [5.41, 5.74) is 0.264. The van der Waals surface area contributed by atoms with Crippen molar-refractivity contribution in [2.24, 2.45) is 0 Å². The molecule has 0 radical (unpaired) electrons. The number of piperidine rings is 1. The standard InChI is InChI=1S/C14H25N5/c1-6-19(12-16-9-15-10-17-12)11-7-13(2,3)18-14(4,5)8-11/h9-11,18H,6-8H2,1-5H3. The Labute approximate surface area is 115 Å². The number of hydrogen-bond acceptors (Lipinski definition) is 5. The predicted octanol–water partition coefficient (Wildman–Crippen LogP) is 2.01. The van der Waals surface area contributed by atoms with Crippen molar-refractivity contribution in [3.05, 3.63) is 12.7 Å². The van der Waals surface area contributed by atoms with E-state index in [0.29, 0.717) is 6.04 Å². The molecular formula is C14H25N5. The zero-order valence-corrected chi connectivity index (χ0v) is 12.6. The van der Waals surface area contributed by atoms with Crippen LogP contribution in [0.4, 0.5) is 5.95 Å². The van der Waals surface area contributed by atoms with Crippen LogP contribution in [0.5, 0.6) is 0 Å². The highest BCUT2D eigenvalue weighted by Gasteiger charge is 2.40. The van der Waals surface area contributed by atoms with E-state index < -0.39 is 0 Å². The smallest absolute Gasteiger partial charge is 0.228 e. The first kappa shape index (κ1) is 14.2. The number of hydrogen-bond donors (Lipinski definition) is 1. The molecule has 0 saturated carbocycles. The number of aromatic nitrogens is 3. The summed E-state index contributed by atoms with van der Waals surface area (Å²) in [7, 11) is 0. The third-order valence-corrected chi connectivity index (χ3v) is 3.69. The molecule has 19 heavy (non-hydrogen) atoms. The Kier molecular flexibility index (Phi) is 3.76. The highest BCUT2D eigenvalue weighted by Crippen LogP contribution is 2.32. The zero-order chi connectivity index (χ0) is 14.1. The van der Waals surface area contributed by atoms with Gasteiger partial charge < -0.3 is 10.2 Å². The van der Waals surface area contributed by atoms with Crippen molar-refractivity contribution >= 4 is 5.95 Å².